The van der Waals surface area contributed by atoms with Gasteiger partial charge in [0.05, 0.1) is 13.2 Å². The fourth-order valence-corrected chi connectivity index (χ4v) is 6.58. The van der Waals surface area contributed by atoms with Crippen LogP contribution in [0.4, 0.5) is 0 Å². The number of carbonyl (C=O) groups is 1. The number of morpholine rings is 1. The zero-order valence-corrected chi connectivity index (χ0v) is 20.8. The molecule has 0 saturated carbocycles. The normalized spacial score (nSPS) is 18.3. The summed E-state index contributed by atoms with van der Waals surface area (Å²) in [5.74, 6) is 1.91. The molecule has 4 heterocycles. The van der Waals surface area contributed by atoms with Gasteiger partial charge in [0, 0.05) is 54.0 Å². The number of fused-ring (bicyclic) bond motifs is 1. The second-order valence-electron chi connectivity index (χ2n) is 8.93. The minimum Gasteiger partial charge on any atom is -0.451 e. The van der Waals surface area contributed by atoms with E-state index in [0.29, 0.717) is 17.4 Å². The number of hydrogen-bond donors (Lipinski definition) is 0. The summed E-state index contributed by atoms with van der Waals surface area (Å²) in [4.78, 5) is 22.6. The first kappa shape index (κ1) is 22.9. The molecule has 8 heteroatoms. The van der Waals surface area contributed by atoms with Crippen LogP contribution in [0.3, 0.4) is 0 Å². The van der Waals surface area contributed by atoms with Crippen molar-refractivity contribution in [1.29, 1.82) is 0 Å². The Morgan fingerprint density at radius 3 is 2.73 bits per heavy atom. The molecule has 0 atom stereocenters. The fraction of sp³-hybridized carbons (Fsp3) is 0.520. The minimum atomic E-state index is 0.0312. The number of benzene rings is 1. The molecule has 0 spiro atoms. The molecule has 2 saturated heterocycles. The maximum atomic E-state index is 13.5. The second kappa shape index (κ2) is 10.6. The van der Waals surface area contributed by atoms with E-state index in [1.54, 1.807) is 23.1 Å². The first-order chi connectivity index (χ1) is 16.2. The third kappa shape index (κ3) is 5.45. The first-order valence-corrected chi connectivity index (χ1v) is 13.7. The lowest BCUT2D eigenvalue weighted by molar-refractivity contribution is 0.0331. The SMILES string of the molecule is Cc1csc(SCc2c(C(=O)N3CCC(CCN4CCOCC4)CC3)oc3ccccc23)n1. The molecule has 2 aliphatic heterocycles. The summed E-state index contributed by atoms with van der Waals surface area (Å²) in [6.07, 6.45) is 3.35. The highest BCUT2D eigenvalue weighted by atomic mass is 32.2. The van der Waals surface area contributed by atoms with Crippen molar-refractivity contribution in [2.75, 3.05) is 45.9 Å². The molecule has 1 amide bonds. The Bertz CT molecular complexity index is 1080. The van der Waals surface area contributed by atoms with Crippen molar-refractivity contribution in [2.45, 2.75) is 36.3 Å². The van der Waals surface area contributed by atoms with Gasteiger partial charge in [-0.2, -0.15) is 0 Å². The van der Waals surface area contributed by atoms with Crippen molar-refractivity contribution in [2.24, 2.45) is 5.92 Å². The van der Waals surface area contributed by atoms with E-state index < -0.39 is 0 Å². The van der Waals surface area contributed by atoms with E-state index in [1.807, 2.05) is 30.0 Å². The zero-order valence-electron chi connectivity index (χ0n) is 19.1. The number of likely N-dealkylation sites (tertiary alicyclic amines) is 1. The summed E-state index contributed by atoms with van der Waals surface area (Å²) >= 11 is 3.33. The van der Waals surface area contributed by atoms with Crippen molar-refractivity contribution < 1.29 is 13.9 Å². The lowest BCUT2D eigenvalue weighted by Crippen LogP contribution is -2.41. The number of furan rings is 1. The van der Waals surface area contributed by atoms with Gasteiger partial charge in [-0.1, -0.05) is 30.0 Å². The van der Waals surface area contributed by atoms with Crippen LogP contribution in [0.1, 0.15) is 41.1 Å². The van der Waals surface area contributed by atoms with E-state index in [4.69, 9.17) is 9.15 Å². The van der Waals surface area contributed by atoms with Gasteiger partial charge in [0.2, 0.25) is 0 Å². The van der Waals surface area contributed by atoms with Gasteiger partial charge in [0.1, 0.15) is 9.92 Å². The monoisotopic (exact) mass is 485 g/mol. The molecule has 0 unspecified atom stereocenters. The first-order valence-electron chi connectivity index (χ1n) is 11.8. The predicted octanol–water partition coefficient (Wildman–Crippen LogP) is 5.06. The molecule has 0 bridgehead atoms. The van der Waals surface area contributed by atoms with Crippen molar-refractivity contribution >= 4 is 40.0 Å². The third-order valence-corrected chi connectivity index (χ3v) is 8.85. The van der Waals surface area contributed by atoms with Gasteiger partial charge in [0.25, 0.3) is 5.91 Å². The molecule has 176 valence electrons. The molecule has 3 aromatic rings. The summed E-state index contributed by atoms with van der Waals surface area (Å²) in [6.45, 7) is 8.57. The summed E-state index contributed by atoms with van der Waals surface area (Å²) in [5, 5.41) is 3.09. The predicted molar refractivity (Wildman–Crippen MR) is 133 cm³/mol. The molecule has 6 nitrogen and oxygen atoms in total. The Hall–Kier alpha value is -1.87. The molecule has 1 aromatic carbocycles. The van der Waals surface area contributed by atoms with Crippen LogP contribution in [-0.2, 0) is 10.5 Å². The number of amides is 1. The van der Waals surface area contributed by atoms with Crippen molar-refractivity contribution in [3.8, 4) is 0 Å². The summed E-state index contributed by atoms with van der Waals surface area (Å²) in [5.41, 5.74) is 2.81. The number of carbonyl (C=O) groups excluding carboxylic acids is 1. The maximum absolute atomic E-state index is 13.5. The van der Waals surface area contributed by atoms with Crippen molar-refractivity contribution in [3.63, 3.8) is 0 Å². The van der Waals surface area contributed by atoms with Gasteiger partial charge >= 0.3 is 0 Å². The highest BCUT2D eigenvalue weighted by Crippen LogP contribution is 2.34. The summed E-state index contributed by atoms with van der Waals surface area (Å²) in [7, 11) is 0. The van der Waals surface area contributed by atoms with E-state index in [2.05, 4.69) is 21.3 Å². The van der Waals surface area contributed by atoms with Crippen LogP contribution in [0, 0.1) is 12.8 Å². The summed E-state index contributed by atoms with van der Waals surface area (Å²) < 4.78 is 12.6. The smallest absolute Gasteiger partial charge is 0.289 e. The van der Waals surface area contributed by atoms with E-state index >= 15 is 0 Å². The van der Waals surface area contributed by atoms with E-state index in [9.17, 15) is 4.79 Å². The molecule has 2 fully saturated rings. The van der Waals surface area contributed by atoms with E-state index in [1.165, 1.54) is 6.42 Å². The van der Waals surface area contributed by atoms with Gasteiger partial charge < -0.3 is 14.1 Å². The molecule has 2 aliphatic rings. The average molecular weight is 486 g/mol. The zero-order chi connectivity index (χ0) is 22.6. The van der Waals surface area contributed by atoms with Gasteiger partial charge in [-0.3, -0.25) is 9.69 Å². The fourth-order valence-electron chi connectivity index (χ4n) is 4.71. The van der Waals surface area contributed by atoms with Crippen LogP contribution in [-0.4, -0.2) is 66.6 Å². The Kier molecular flexibility index (Phi) is 7.35. The number of ether oxygens (including phenoxy) is 1. The highest BCUT2D eigenvalue weighted by molar-refractivity contribution is 8.00. The molecule has 2 aromatic heterocycles. The largest absolute Gasteiger partial charge is 0.451 e. The van der Waals surface area contributed by atoms with Crippen molar-refractivity contribution in [1.82, 2.24) is 14.8 Å². The molecular formula is C25H31N3O3S2. The standard InChI is InChI=1S/C25H31N3O3S2/c1-18-16-32-25(26-18)33-17-21-20-4-2-3-5-22(20)31-23(21)24(29)28-10-7-19(8-11-28)6-9-27-12-14-30-15-13-27/h2-5,16,19H,6-15,17H2,1H3. The highest BCUT2D eigenvalue weighted by Gasteiger charge is 2.29. The number of thioether (sulfide) groups is 1. The number of aromatic nitrogens is 1. The van der Waals surface area contributed by atoms with Gasteiger partial charge in [-0.15, -0.1) is 11.3 Å². The van der Waals surface area contributed by atoms with Gasteiger partial charge in [0.15, 0.2) is 5.76 Å². The van der Waals surface area contributed by atoms with Gasteiger partial charge in [-0.25, -0.2) is 4.98 Å². The lowest BCUT2D eigenvalue weighted by Gasteiger charge is -2.33. The number of piperidine rings is 1. The molecule has 0 N–H and O–H groups in total. The molecule has 0 aliphatic carbocycles. The van der Waals surface area contributed by atoms with Crippen LogP contribution in [0.2, 0.25) is 0 Å². The number of nitrogens with zero attached hydrogens (tertiary/aromatic N) is 3. The number of rotatable bonds is 7. The van der Waals surface area contributed by atoms with Crippen LogP contribution < -0.4 is 0 Å². The van der Waals surface area contributed by atoms with E-state index in [0.717, 1.165) is 85.3 Å². The number of hydrogen-bond acceptors (Lipinski definition) is 7. The molecule has 5 rings (SSSR count). The minimum absolute atomic E-state index is 0.0312. The average Bonchev–Trinajstić information content (AvgIpc) is 3.45. The van der Waals surface area contributed by atoms with Crippen molar-refractivity contribution in [3.05, 3.63) is 46.7 Å². The third-order valence-electron chi connectivity index (χ3n) is 6.69. The maximum Gasteiger partial charge on any atom is 0.289 e. The Balaban J connectivity index is 1.23. The van der Waals surface area contributed by atoms with E-state index in [-0.39, 0.29) is 5.91 Å². The van der Waals surface area contributed by atoms with Crippen LogP contribution in [0.15, 0.2) is 38.4 Å². The lowest BCUT2D eigenvalue weighted by atomic mass is 9.93. The number of thiazole rings is 1. The van der Waals surface area contributed by atoms with Crippen LogP contribution >= 0.6 is 23.1 Å². The summed E-state index contributed by atoms with van der Waals surface area (Å²) in [6, 6.07) is 7.97. The number of aryl methyl sites for hydroxylation is 1. The van der Waals surface area contributed by atoms with Crippen LogP contribution in [0.25, 0.3) is 11.0 Å². The quantitative estimate of drug-likeness (QED) is 0.436. The topological polar surface area (TPSA) is 58.8 Å². The molecule has 0 radical (unpaired) electrons. The van der Waals surface area contributed by atoms with Crippen LogP contribution in [0.5, 0.6) is 0 Å². The number of para-hydroxylation sites is 1. The Morgan fingerprint density at radius 1 is 1.18 bits per heavy atom. The second-order valence-corrected chi connectivity index (χ2v) is 11.0. The Labute approximate surface area is 203 Å². The van der Waals surface area contributed by atoms with Gasteiger partial charge in [-0.05, 0) is 44.7 Å². The molecular weight excluding hydrogens is 454 g/mol. The Morgan fingerprint density at radius 2 is 1.97 bits per heavy atom. The molecule has 33 heavy (non-hydrogen) atoms.